The first-order chi connectivity index (χ1) is 4.29. The van der Waals surface area contributed by atoms with Crippen LogP contribution in [0, 0.1) is 5.92 Å². The highest BCUT2D eigenvalue weighted by Gasteiger charge is 2.09. The molecule has 0 saturated heterocycles. The molecule has 0 spiro atoms. The fraction of sp³-hybridized carbons (Fsp3) is 0.750. The molecule has 0 saturated carbocycles. The number of ether oxygens (including phenoxy) is 1. The summed E-state index contributed by atoms with van der Waals surface area (Å²) in [6.07, 6.45) is 5.81. The molecule has 0 fully saturated rings. The van der Waals surface area contributed by atoms with Crippen molar-refractivity contribution in [1.82, 2.24) is 0 Å². The largest absolute Gasteiger partial charge is 0.370 e. The molecule has 0 amide bonds. The van der Waals surface area contributed by atoms with Crippen LogP contribution in [0.1, 0.15) is 20.3 Å². The minimum absolute atomic E-state index is 0.407. The van der Waals surface area contributed by atoms with Gasteiger partial charge in [0.25, 0.3) is 0 Å². The molecule has 0 aliphatic carbocycles. The average Bonchev–Trinajstić information content (AvgIpc) is 2.15. The van der Waals surface area contributed by atoms with E-state index < -0.39 is 0 Å². The molecule has 1 rings (SSSR count). The smallest absolute Gasteiger partial charge is 0.0763 e. The first-order valence-electron chi connectivity index (χ1n) is 3.57. The van der Waals surface area contributed by atoms with E-state index in [1.165, 1.54) is 0 Å². The van der Waals surface area contributed by atoms with Gasteiger partial charge in [-0.3, -0.25) is 0 Å². The van der Waals surface area contributed by atoms with Gasteiger partial charge in [-0.25, -0.2) is 0 Å². The molecule has 0 N–H and O–H groups in total. The Kier molecular flexibility index (Phi) is 2.29. The van der Waals surface area contributed by atoms with Gasteiger partial charge >= 0.3 is 0 Å². The van der Waals surface area contributed by atoms with Gasteiger partial charge in [0.2, 0.25) is 0 Å². The Balaban J connectivity index is 2.20. The van der Waals surface area contributed by atoms with Gasteiger partial charge in [0.15, 0.2) is 0 Å². The summed E-state index contributed by atoms with van der Waals surface area (Å²) in [5, 5.41) is 0. The Bertz CT molecular complexity index is 105. The average molecular weight is 126 g/mol. The zero-order valence-corrected chi connectivity index (χ0v) is 6.13. The third kappa shape index (κ3) is 2.19. The van der Waals surface area contributed by atoms with E-state index in [1.807, 2.05) is 0 Å². The lowest BCUT2D eigenvalue weighted by atomic mass is 10.1. The standard InChI is InChI=1S/C8H14O/c1-7(2)6-8-4-3-5-9-8/h3-4,7-8H,5-6H2,1-2H3. The highest BCUT2D eigenvalue weighted by atomic mass is 16.5. The maximum absolute atomic E-state index is 5.35. The van der Waals surface area contributed by atoms with E-state index >= 15 is 0 Å². The predicted octanol–water partition coefficient (Wildman–Crippen LogP) is 1.99. The lowest BCUT2D eigenvalue weighted by Crippen LogP contribution is -2.07. The third-order valence-electron chi connectivity index (χ3n) is 1.46. The van der Waals surface area contributed by atoms with Gasteiger partial charge in [-0.1, -0.05) is 26.0 Å². The van der Waals surface area contributed by atoms with E-state index in [0.29, 0.717) is 6.10 Å². The Morgan fingerprint density at radius 1 is 1.67 bits per heavy atom. The maximum atomic E-state index is 5.35. The molecule has 9 heavy (non-hydrogen) atoms. The van der Waals surface area contributed by atoms with Crippen LogP contribution < -0.4 is 0 Å². The molecule has 0 aromatic rings. The summed E-state index contributed by atoms with van der Waals surface area (Å²) in [5.74, 6) is 0.748. The first-order valence-corrected chi connectivity index (χ1v) is 3.57. The Hall–Kier alpha value is -0.300. The van der Waals surface area contributed by atoms with Crippen molar-refractivity contribution in [2.24, 2.45) is 5.92 Å². The molecule has 0 bridgehead atoms. The van der Waals surface area contributed by atoms with E-state index in [4.69, 9.17) is 4.74 Å². The van der Waals surface area contributed by atoms with Crippen molar-refractivity contribution in [2.45, 2.75) is 26.4 Å². The highest BCUT2D eigenvalue weighted by molar-refractivity contribution is 4.95. The zero-order valence-electron chi connectivity index (χ0n) is 6.13. The van der Waals surface area contributed by atoms with Gasteiger partial charge in [-0.15, -0.1) is 0 Å². The second-order valence-corrected chi connectivity index (χ2v) is 2.93. The van der Waals surface area contributed by atoms with E-state index in [2.05, 4.69) is 26.0 Å². The second kappa shape index (κ2) is 3.02. The van der Waals surface area contributed by atoms with Gasteiger partial charge < -0.3 is 4.74 Å². The maximum Gasteiger partial charge on any atom is 0.0763 e. The minimum Gasteiger partial charge on any atom is -0.370 e. The summed E-state index contributed by atoms with van der Waals surface area (Å²) in [7, 11) is 0. The molecule has 1 aliphatic rings. The van der Waals surface area contributed by atoms with Crippen LogP contribution in [0.25, 0.3) is 0 Å². The molecule has 1 heterocycles. The zero-order chi connectivity index (χ0) is 6.69. The first kappa shape index (κ1) is 6.81. The second-order valence-electron chi connectivity index (χ2n) is 2.93. The van der Waals surface area contributed by atoms with Crippen molar-refractivity contribution in [2.75, 3.05) is 6.61 Å². The van der Waals surface area contributed by atoms with E-state index in [-0.39, 0.29) is 0 Å². The van der Waals surface area contributed by atoms with Crippen molar-refractivity contribution in [3.05, 3.63) is 12.2 Å². The number of rotatable bonds is 2. The third-order valence-corrected chi connectivity index (χ3v) is 1.46. The van der Waals surface area contributed by atoms with Gasteiger partial charge in [-0.2, -0.15) is 0 Å². The molecule has 1 aliphatic heterocycles. The predicted molar refractivity (Wildman–Crippen MR) is 38.3 cm³/mol. The SMILES string of the molecule is CC(C)CC1C=CCO1. The van der Waals surface area contributed by atoms with Crippen molar-refractivity contribution < 1.29 is 4.74 Å². The van der Waals surface area contributed by atoms with Crippen LogP contribution in [0.3, 0.4) is 0 Å². The van der Waals surface area contributed by atoms with Crippen molar-refractivity contribution in [3.63, 3.8) is 0 Å². The molecule has 1 unspecified atom stereocenters. The van der Waals surface area contributed by atoms with Crippen molar-refractivity contribution in [1.29, 1.82) is 0 Å². The summed E-state index contributed by atoms with van der Waals surface area (Å²) in [5.41, 5.74) is 0. The van der Waals surface area contributed by atoms with Crippen molar-refractivity contribution in [3.8, 4) is 0 Å². The molecule has 52 valence electrons. The van der Waals surface area contributed by atoms with Crippen LogP contribution in [0.2, 0.25) is 0 Å². The monoisotopic (exact) mass is 126 g/mol. The fourth-order valence-electron chi connectivity index (χ4n) is 1.05. The van der Waals surface area contributed by atoms with Crippen LogP contribution in [-0.2, 0) is 4.74 Å². The normalized spacial score (nSPS) is 25.9. The van der Waals surface area contributed by atoms with E-state index in [9.17, 15) is 0 Å². The van der Waals surface area contributed by atoms with Crippen LogP contribution in [0.4, 0.5) is 0 Å². The summed E-state index contributed by atoms with van der Waals surface area (Å²) < 4.78 is 5.35. The topological polar surface area (TPSA) is 9.23 Å². The lowest BCUT2D eigenvalue weighted by Gasteiger charge is -2.09. The van der Waals surface area contributed by atoms with Crippen LogP contribution in [-0.4, -0.2) is 12.7 Å². The van der Waals surface area contributed by atoms with E-state index in [0.717, 1.165) is 18.9 Å². The minimum atomic E-state index is 0.407. The molecule has 1 nitrogen and oxygen atoms in total. The number of hydrogen-bond donors (Lipinski definition) is 0. The Morgan fingerprint density at radius 2 is 2.44 bits per heavy atom. The molecule has 1 atom stereocenters. The lowest BCUT2D eigenvalue weighted by molar-refractivity contribution is 0.111. The van der Waals surface area contributed by atoms with Crippen molar-refractivity contribution >= 4 is 0 Å². The summed E-state index contributed by atoms with van der Waals surface area (Å²) in [4.78, 5) is 0. The molecule has 1 heteroatoms. The number of hydrogen-bond acceptors (Lipinski definition) is 1. The van der Waals surface area contributed by atoms with Gasteiger partial charge in [0.1, 0.15) is 0 Å². The highest BCUT2D eigenvalue weighted by Crippen LogP contribution is 2.12. The summed E-state index contributed by atoms with van der Waals surface area (Å²) in [6.45, 7) is 5.25. The molecule has 0 aromatic heterocycles. The van der Waals surface area contributed by atoms with Gasteiger partial charge in [-0.05, 0) is 12.3 Å². The van der Waals surface area contributed by atoms with Crippen LogP contribution >= 0.6 is 0 Å². The van der Waals surface area contributed by atoms with E-state index in [1.54, 1.807) is 0 Å². The van der Waals surface area contributed by atoms with Gasteiger partial charge in [0, 0.05) is 0 Å². The fourth-order valence-corrected chi connectivity index (χ4v) is 1.05. The quantitative estimate of drug-likeness (QED) is 0.514. The molecule has 0 radical (unpaired) electrons. The molecular weight excluding hydrogens is 112 g/mol. The van der Waals surface area contributed by atoms with Crippen LogP contribution in [0.15, 0.2) is 12.2 Å². The Labute approximate surface area is 56.7 Å². The summed E-state index contributed by atoms with van der Waals surface area (Å²) in [6, 6.07) is 0. The summed E-state index contributed by atoms with van der Waals surface area (Å²) >= 11 is 0. The molecule has 0 aromatic carbocycles. The Morgan fingerprint density at radius 3 is 2.89 bits per heavy atom. The molecular formula is C8H14O. The van der Waals surface area contributed by atoms with Gasteiger partial charge in [0.05, 0.1) is 12.7 Å². The van der Waals surface area contributed by atoms with Crippen LogP contribution in [0.5, 0.6) is 0 Å².